The van der Waals surface area contributed by atoms with Crippen LogP contribution in [0.3, 0.4) is 0 Å². The van der Waals surface area contributed by atoms with Gasteiger partial charge in [0.25, 0.3) is 5.91 Å². The van der Waals surface area contributed by atoms with E-state index in [1.54, 1.807) is 19.0 Å². The van der Waals surface area contributed by atoms with Gasteiger partial charge in [0.15, 0.2) is 0 Å². The lowest BCUT2D eigenvalue weighted by molar-refractivity contribution is 0.0827. The summed E-state index contributed by atoms with van der Waals surface area (Å²) in [5.41, 5.74) is 1.82. The Kier molecular flexibility index (Phi) is 3.89. The fourth-order valence-electron chi connectivity index (χ4n) is 3.77. The molecule has 114 valence electrons. The molecule has 0 aliphatic carbocycles. The average Bonchev–Trinajstić information content (AvgIpc) is 2.69. The molecule has 2 aliphatic heterocycles. The van der Waals surface area contributed by atoms with Crippen LogP contribution in [0.2, 0.25) is 0 Å². The summed E-state index contributed by atoms with van der Waals surface area (Å²) < 4.78 is 0. The second kappa shape index (κ2) is 5.68. The third kappa shape index (κ3) is 2.91. The molecule has 1 amide bonds. The highest BCUT2D eigenvalue weighted by Crippen LogP contribution is 2.35. The molecule has 4 nitrogen and oxygen atoms in total. The number of rotatable bonds is 3. The summed E-state index contributed by atoms with van der Waals surface area (Å²) in [5, 5.41) is 3.64. The molecule has 2 unspecified atom stereocenters. The number of nitrogens with zero attached hydrogens (tertiary/aromatic N) is 2. The van der Waals surface area contributed by atoms with Crippen molar-refractivity contribution >= 4 is 11.6 Å². The zero-order valence-electron chi connectivity index (χ0n) is 13.2. The van der Waals surface area contributed by atoms with Crippen molar-refractivity contribution in [2.45, 2.75) is 43.8 Å². The zero-order valence-corrected chi connectivity index (χ0v) is 13.2. The SMILES string of the molecule is CN(C)C(=O)c1cccc(NC2CC3CCC(C2)N3C)c1. The lowest BCUT2D eigenvalue weighted by Crippen LogP contribution is -2.44. The van der Waals surface area contributed by atoms with Crippen LogP contribution < -0.4 is 5.32 Å². The topological polar surface area (TPSA) is 35.6 Å². The molecule has 2 saturated heterocycles. The van der Waals surface area contributed by atoms with E-state index in [1.165, 1.54) is 25.7 Å². The predicted molar refractivity (Wildman–Crippen MR) is 85.7 cm³/mol. The first-order valence-electron chi connectivity index (χ1n) is 7.85. The van der Waals surface area contributed by atoms with E-state index in [0.29, 0.717) is 6.04 Å². The Morgan fingerprint density at radius 2 is 1.90 bits per heavy atom. The number of amides is 1. The molecule has 2 fully saturated rings. The van der Waals surface area contributed by atoms with E-state index in [1.807, 2.05) is 18.2 Å². The maximum Gasteiger partial charge on any atom is 0.253 e. The highest BCUT2D eigenvalue weighted by molar-refractivity contribution is 5.94. The van der Waals surface area contributed by atoms with Crippen molar-refractivity contribution in [2.24, 2.45) is 0 Å². The van der Waals surface area contributed by atoms with Crippen LogP contribution in [0.5, 0.6) is 0 Å². The molecule has 0 spiro atoms. The van der Waals surface area contributed by atoms with Gasteiger partial charge in [-0.15, -0.1) is 0 Å². The van der Waals surface area contributed by atoms with Crippen molar-refractivity contribution in [3.63, 3.8) is 0 Å². The predicted octanol–water partition coefficient (Wildman–Crippen LogP) is 2.43. The maximum absolute atomic E-state index is 12.0. The number of anilines is 1. The Morgan fingerprint density at radius 3 is 2.52 bits per heavy atom. The summed E-state index contributed by atoms with van der Waals surface area (Å²) in [5.74, 6) is 0.0575. The number of nitrogens with one attached hydrogen (secondary N) is 1. The van der Waals surface area contributed by atoms with Gasteiger partial charge < -0.3 is 15.1 Å². The second-order valence-electron chi connectivity index (χ2n) is 6.64. The highest BCUT2D eigenvalue weighted by Gasteiger charge is 2.38. The molecule has 0 saturated carbocycles. The number of carbonyl (C=O) groups excluding carboxylic acids is 1. The van der Waals surface area contributed by atoms with Crippen LogP contribution in [0.4, 0.5) is 5.69 Å². The van der Waals surface area contributed by atoms with E-state index < -0.39 is 0 Å². The fraction of sp³-hybridized carbons (Fsp3) is 0.588. The van der Waals surface area contributed by atoms with Gasteiger partial charge >= 0.3 is 0 Å². The Labute approximate surface area is 127 Å². The standard InChI is InChI=1S/C17H25N3O/c1-19(2)17(21)12-5-4-6-13(9-12)18-14-10-15-7-8-16(11-14)20(15)3/h4-6,9,14-16,18H,7-8,10-11H2,1-3H3. The van der Waals surface area contributed by atoms with Crippen molar-refractivity contribution in [2.75, 3.05) is 26.5 Å². The van der Waals surface area contributed by atoms with Crippen LogP contribution in [0, 0.1) is 0 Å². The molecule has 21 heavy (non-hydrogen) atoms. The summed E-state index contributed by atoms with van der Waals surface area (Å²) in [6.45, 7) is 0. The zero-order chi connectivity index (χ0) is 15.0. The molecule has 0 radical (unpaired) electrons. The molecule has 2 atom stereocenters. The minimum atomic E-state index is 0.0575. The van der Waals surface area contributed by atoms with Crippen LogP contribution in [0.1, 0.15) is 36.0 Å². The Hall–Kier alpha value is -1.55. The maximum atomic E-state index is 12.0. The minimum Gasteiger partial charge on any atom is -0.382 e. The first kappa shape index (κ1) is 14.4. The van der Waals surface area contributed by atoms with Crippen molar-refractivity contribution in [3.8, 4) is 0 Å². The number of fused-ring (bicyclic) bond motifs is 2. The van der Waals surface area contributed by atoms with Gasteiger partial charge in [0.2, 0.25) is 0 Å². The Balaban J connectivity index is 1.68. The van der Waals surface area contributed by atoms with Gasteiger partial charge in [-0.05, 0) is 50.9 Å². The molecule has 1 N–H and O–H groups in total. The largest absolute Gasteiger partial charge is 0.382 e. The number of hydrogen-bond donors (Lipinski definition) is 1. The lowest BCUT2D eigenvalue weighted by Gasteiger charge is -2.37. The van der Waals surface area contributed by atoms with Crippen molar-refractivity contribution < 1.29 is 4.79 Å². The third-order valence-corrected chi connectivity index (χ3v) is 4.98. The second-order valence-corrected chi connectivity index (χ2v) is 6.64. The third-order valence-electron chi connectivity index (χ3n) is 4.98. The Bertz CT molecular complexity index is 515. The Morgan fingerprint density at radius 1 is 1.24 bits per heavy atom. The van der Waals surface area contributed by atoms with Gasteiger partial charge in [0.1, 0.15) is 0 Å². The lowest BCUT2D eigenvalue weighted by atomic mass is 9.97. The summed E-state index contributed by atoms with van der Waals surface area (Å²) in [6, 6.07) is 9.87. The average molecular weight is 287 g/mol. The van der Waals surface area contributed by atoms with Gasteiger partial charge in [-0.25, -0.2) is 0 Å². The monoisotopic (exact) mass is 287 g/mol. The van der Waals surface area contributed by atoms with Gasteiger partial charge in [-0.1, -0.05) is 6.07 Å². The fourth-order valence-corrected chi connectivity index (χ4v) is 3.77. The molecule has 4 heteroatoms. The van der Waals surface area contributed by atoms with E-state index in [-0.39, 0.29) is 5.91 Å². The van der Waals surface area contributed by atoms with Crippen molar-refractivity contribution in [1.82, 2.24) is 9.80 Å². The first-order valence-corrected chi connectivity index (χ1v) is 7.85. The molecule has 0 aromatic heterocycles. The van der Waals surface area contributed by atoms with Crippen molar-refractivity contribution in [1.29, 1.82) is 0 Å². The number of benzene rings is 1. The molecule has 3 rings (SSSR count). The van der Waals surface area contributed by atoms with E-state index in [9.17, 15) is 4.79 Å². The van der Waals surface area contributed by atoms with Gasteiger partial charge in [-0.3, -0.25) is 4.79 Å². The summed E-state index contributed by atoms with van der Waals surface area (Å²) in [6.07, 6.45) is 5.08. The summed E-state index contributed by atoms with van der Waals surface area (Å²) in [4.78, 5) is 16.2. The van der Waals surface area contributed by atoms with E-state index in [0.717, 1.165) is 23.3 Å². The van der Waals surface area contributed by atoms with Crippen LogP contribution in [0.25, 0.3) is 0 Å². The van der Waals surface area contributed by atoms with E-state index >= 15 is 0 Å². The molecular formula is C17H25N3O. The summed E-state index contributed by atoms with van der Waals surface area (Å²) in [7, 11) is 5.84. The molecule has 2 aliphatic rings. The van der Waals surface area contributed by atoms with Gasteiger partial charge in [0, 0.05) is 43.5 Å². The minimum absolute atomic E-state index is 0.0575. The molecule has 1 aromatic carbocycles. The van der Waals surface area contributed by atoms with Crippen LogP contribution in [-0.4, -0.2) is 55.0 Å². The molecule has 2 heterocycles. The normalized spacial score (nSPS) is 28.4. The summed E-state index contributed by atoms with van der Waals surface area (Å²) >= 11 is 0. The number of piperidine rings is 1. The smallest absolute Gasteiger partial charge is 0.253 e. The number of carbonyl (C=O) groups is 1. The van der Waals surface area contributed by atoms with Crippen LogP contribution >= 0.6 is 0 Å². The molecule has 1 aromatic rings. The van der Waals surface area contributed by atoms with E-state index in [4.69, 9.17) is 0 Å². The van der Waals surface area contributed by atoms with Gasteiger partial charge in [0.05, 0.1) is 0 Å². The van der Waals surface area contributed by atoms with Gasteiger partial charge in [-0.2, -0.15) is 0 Å². The first-order chi connectivity index (χ1) is 10.0. The highest BCUT2D eigenvalue weighted by atomic mass is 16.2. The van der Waals surface area contributed by atoms with Crippen molar-refractivity contribution in [3.05, 3.63) is 29.8 Å². The quantitative estimate of drug-likeness (QED) is 0.927. The van der Waals surface area contributed by atoms with Crippen LogP contribution in [0.15, 0.2) is 24.3 Å². The van der Waals surface area contributed by atoms with E-state index in [2.05, 4.69) is 23.3 Å². The molecule has 2 bridgehead atoms. The van der Waals surface area contributed by atoms with Crippen LogP contribution in [-0.2, 0) is 0 Å². The molecular weight excluding hydrogens is 262 g/mol. The number of hydrogen-bond acceptors (Lipinski definition) is 3.